The van der Waals surface area contributed by atoms with Gasteiger partial charge in [-0.15, -0.1) is 0 Å². The minimum Gasteiger partial charge on any atom is -0.465 e. The van der Waals surface area contributed by atoms with Gasteiger partial charge in [0, 0.05) is 18.4 Å². The van der Waals surface area contributed by atoms with Crippen LogP contribution in [0.1, 0.15) is 34.2 Å². The summed E-state index contributed by atoms with van der Waals surface area (Å²) in [6.07, 6.45) is 2.37. The maximum atomic E-state index is 11.9. The Balaban J connectivity index is 2.08. The molecule has 1 aromatic heterocycles. The van der Waals surface area contributed by atoms with Gasteiger partial charge in [-0.25, -0.2) is 14.8 Å². The zero-order chi connectivity index (χ0) is 16.7. The minimum absolute atomic E-state index is 0.238. The molecule has 0 aliphatic carbocycles. The van der Waals surface area contributed by atoms with Crippen LogP contribution in [0.3, 0.4) is 0 Å². The topological polar surface area (TPSA) is 93.2 Å². The van der Waals surface area contributed by atoms with Gasteiger partial charge in [-0.1, -0.05) is 6.92 Å². The number of amides is 1. The summed E-state index contributed by atoms with van der Waals surface area (Å²) in [5, 5.41) is 5.74. The van der Waals surface area contributed by atoms with Gasteiger partial charge >= 0.3 is 5.97 Å². The van der Waals surface area contributed by atoms with Gasteiger partial charge < -0.3 is 15.4 Å². The van der Waals surface area contributed by atoms with Crippen LogP contribution < -0.4 is 10.6 Å². The highest BCUT2D eigenvalue weighted by Gasteiger charge is 2.09. The second-order valence-corrected chi connectivity index (χ2v) is 4.72. The number of esters is 1. The summed E-state index contributed by atoms with van der Waals surface area (Å²) in [6.45, 7) is 2.58. The zero-order valence-corrected chi connectivity index (χ0v) is 13.0. The molecule has 0 unspecified atom stereocenters. The molecule has 0 atom stereocenters. The van der Waals surface area contributed by atoms with Crippen molar-refractivity contribution in [2.24, 2.45) is 0 Å². The second-order valence-electron chi connectivity index (χ2n) is 4.72. The van der Waals surface area contributed by atoms with E-state index >= 15 is 0 Å². The van der Waals surface area contributed by atoms with Crippen LogP contribution in [-0.4, -0.2) is 35.5 Å². The summed E-state index contributed by atoms with van der Waals surface area (Å²) < 4.78 is 4.64. The van der Waals surface area contributed by atoms with Crippen LogP contribution >= 0.6 is 0 Å². The Morgan fingerprint density at radius 2 is 1.91 bits per heavy atom. The Kier molecular flexibility index (Phi) is 5.62. The molecule has 2 aromatic rings. The molecular weight excluding hydrogens is 296 g/mol. The number of hydrogen-bond acceptors (Lipinski definition) is 6. The molecule has 7 nitrogen and oxygen atoms in total. The third kappa shape index (κ3) is 4.50. The normalized spacial score (nSPS) is 10.0. The van der Waals surface area contributed by atoms with Crippen LogP contribution in [0, 0.1) is 0 Å². The summed E-state index contributed by atoms with van der Waals surface area (Å²) in [6, 6.07) is 8.23. The Labute approximate surface area is 134 Å². The van der Waals surface area contributed by atoms with Crippen LogP contribution in [0.5, 0.6) is 0 Å². The molecule has 0 radical (unpaired) electrons. The predicted molar refractivity (Wildman–Crippen MR) is 85.7 cm³/mol. The molecule has 23 heavy (non-hydrogen) atoms. The van der Waals surface area contributed by atoms with E-state index in [0.717, 1.165) is 6.42 Å². The summed E-state index contributed by atoms with van der Waals surface area (Å²) in [4.78, 5) is 31.5. The smallest absolute Gasteiger partial charge is 0.337 e. The molecule has 2 rings (SSSR count). The number of nitrogens with zero attached hydrogens (tertiary/aromatic N) is 2. The molecule has 120 valence electrons. The molecule has 7 heteroatoms. The first-order valence-corrected chi connectivity index (χ1v) is 7.20. The molecule has 0 saturated carbocycles. The molecule has 0 spiro atoms. The molecule has 0 aliphatic heterocycles. The summed E-state index contributed by atoms with van der Waals surface area (Å²) in [7, 11) is 1.33. The number of carbonyl (C=O) groups excluding carboxylic acids is 2. The lowest BCUT2D eigenvalue weighted by molar-refractivity contribution is 0.0600. The van der Waals surface area contributed by atoms with E-state index in [2.05, 4.69) is 25.3 Å². The Hall–Kier alpha value is -2.96. The number of anilines is 2. The van der Waals surface area contributed by atoms with Crippen molar-refractivity contribution in [2.75, 3.05) is 19.0 Å². The lowest BCUT2D eigenvalue weighted by Gasteiger charge is -2.07. The number of nitrogens with one attached hydrogen (secondary N) is 2. The first-order chi connectivity index (χ1) is 11.1. The Bertz CT molecular complexity index is 686. The fourth-order valence-electron chi connectivity index (χ4n) is 1.81. The van der Waals surface area contributed by atoms with E-state index in [1.165, 1.54) is 13.3 Å². The van der Waals surface area contributed by atoms with Crippen molar-refractivity contribution in [3.05, 3.63) is 47.8 Å². The van der Waals surface area contributed by atoms with Gasteiger partial charge in [0.1, 0.15) is 5.69 Å². The summed E-state index contributed by atoms with van der Waals surface area (Å²) in [5.41, 5.74) is 1.44. The van der Waals surface area contributed by atoms with E-state index < -0.39 is 5.97 Å². The first kappa shape index (κ1) is 16.4. The van der Waals surface area contributed by atoms with Crippen molar-refractivity contribution >= 4 is 23.5 Å². The fraction of sp³-hybridized carbons (Fsp3) is 0.250. The second kappa shape index (κ2) is 7.88. The van der Waals surface area contributed by atoms with Crippen LogP contribution in [0.15, 0.2) is 36.5 Å². The minimum atomic E-state index is -0.401. The average Bonchev–Trinajstić information content (AvgIpc) is 2.60. The van der Waals surface area contributed by atoms with Crippen LogP contribution in [0.4, 0.5) is 11.6 Å². The Morgan fingerprint density at radius 1 is 1.17 bits per heavy atom. The maximum Gasteiger partial charge on any atom is 0.337 e. The third-order valence-corrected chi connectivity index (χ3v) is 2.99. The Morgan fingerprint density at radius 3 is 2.57 bits per heavy atom. The van der Waals surface area contributed by atoms with Crippen LogP contribution in [-0.2, 0) is 4.74 Å². The zero-order valence-electron chi connectivity index (χ0n) is 13.0. The number of aromatic nitrogens is 2. The summed E-state index contributed by atoms with van der Waals surface area (Å²) >= 11 is 0. The highest BCUT2D eigenvalue weighted by molar-refractivity contribution is 5.92. The monoisotopic (exact) mass is 314 g/mol. The van der Waals surface area contributed by atoms with Crippen molar-refractivity contribution in [2.45, 2.75) is 13.3 Å². The van der Waals surface area contributed by atoms with Crippen molar-refractivity contribution in [1.82, 2.24) is 15.3 Å². The van der Waals surface area contributed by atoms with Crippen LogP contribution in [0.25, 0.3) is 0 Å². The molecule has 1 amide bonds. The van der Waals surface area contributed by atoms with Gasteiger partial charge in [0.05, 0.1) is 12.7 Å². The van der Waals surface area contributed by atoms with Crippen molar-refractivity contribution in [3.8, 4) is 0 Å². The average molecular weight is 314 g/mol. The van der Waals surface area contributed by atoms with Gasteiger partial charge in [0.15, 0.2) is 0 Å². The number of ether oxygens (including phenoxy) is 1. The number of benzene rings is 1. The number of rotatable bonds is 6. The van der Waals surface area contributed by atoms with E-state index in [4.69, 9.17) is 0 Å². The van der Waals surface area contributed by atoms with Gasteiger partial charge in [0.2, 0.25) is 5.95 Å². The molecule has 1 heterocycles. The molecule has 0 fully saturated rings. The fourth-order valence-corrected chi connectivity index (χ4v) is 1.81. The quantitative estimate of drug-likeness (QED) is 0.794. The van der Waals surface area contributed by atoms with E-state index in [1.54, 1.807) is 30.3 Å². The van der Waals surface area contributed by atoms with E-state index in [0.29, 0.717) is 29.4 Å². The first-order valence-electron chi connectivity index (χ1n) is 7.20. The molecule has 0 saturated heterocycles. The van der Waals surface area contributed by atoms with Gasteiger partial charge in [-0.3, -0.25) is 4.79 Å². The largest absolute Gasteiger partial charge is 0.465 e. The van der Waals surface area contributed by atoms with E-state index in [1.807, 2.05) is 6.92 Å². The van der Waals surface area contributed by atoms with Crippen molar-refractivity contribution < 1.29 is 14.3 Å². The third-order valence-electron chi connectivity index (χ3n) is 2.99. The SMILES string of the molecule is CCCNC(=O)c1ccnc(Nc2ccc(C(=O)OC)cc2)n1. The summed E-state index contributed by atoms with van der Waals surface area (Å²) in [5.74, 6) is -0.333. The maximum absolute atomic E-state index is 11.9. The van der Waals surface area contributed by atoms with E-state index in [-0.39, 0.29) is 5.91 Å². The lowest BCUT2D eigenvalue weighted by Crippen LogP contribution is -2.25. The number of carbonyl (C=O) groups is 2. The number of methoxy groups -OCH3 is 1. The number of hydrogen-bond donors (Lipinski definition) is 2. The van der Waals surface area contributed by atoms with Crippen molar-refractivity contribution in [1.29, 1.82) is 0 Å². The molecule has 0 bridgehead atoms. The van der Waals surface area contributed by atoms with Gasteiger partial charge in [-0.05, 0) is 36.8 Å². The highest BCUT2D eigenvalue weighted by atomic mass is 16.5. The standard InChI is InChI=1S/C16H18N4O3/c1-3-9-17-14(21)13-8-10-18-16(20-13)19-12-6-4-11(5-7-12)15(22)23-2/h4-8,10H,3,9H2,1-2H3,(H,17,21)(H,18,19,20). The van der Waals surface area contributed by atoms with Crippen molar-refractivity contribution in [3.63, 3.8) is 0 Å². The van der Waals surface area contributed by atoms with E-state index in [9.17, 15) is 9.59 Å². The predicted octanol–water partition coefficient (Wildman–Crippen LogP) is 2.15. The van der Waals surface area contributed by atoms with Gasteiger partial charge in [-0.2, -0.15) is 0 Å². The molecular formula is C16H18N4O3. The van der Waals surface area contributed by atoms with Crippen LogP contribution in [0.2, 0.25) is 0 Å². The molecule has 0 aliphatic rings. The highest BCUT2D eigenvalue weighted by Crippen LogP contribution is 2.14. The van der Waals surface area contributed by atoms with Gasteiger partial charge in [0.25, 0.3) is 5.91 Å². The molecule has 1 aromatic carbocycles. The lowest BCUT2D eigenvalue weighted by atomic mass is 10.2. The molecule has 2 N–H and O–H groups in total.